The van der Waals surface area contributed by atoms with Gasteiger partial charge in [-0.15, -0.1) is 0 Å². The normalized spacial score (nSPS) is 20.6. The van der Waals surface area contributed by atoms with Gasteiger partial charge in [0.1, 0.15) is 0 Å². The van der Waals surface area contributed by atoms with E-state index in [2.05, 4.69) is 11.8 Å². The first-order valence-corrected chi connectivity index (χ1v) is 7.25. The maximum atomic E-state index is 11.9. The minimum Gasteiger partial charge on any atom is -0.369 e. The van der Waals surface area contributed by atoms with Crippen molar-refractivity contribution in [2.75, 3.05) is 13.6 Å². The van der Waals surface area contributed by atoms with Crippen LogP contribution in [0.2, 0.25) is 0 Å². The van der Waals surface area contributed by atoms with Crippen molar-refractivity contribution in [1.82, 2.24) is 4.90 Å². The molecule has 0 bridgehead atoms. The molecule has 3 rings (SSSR count). The van der Waals surface area contributed by atoms with Crippen LogP contribution >= 0.6 is 0 Å². The van der Waals surface area contributed by atoms with Crippen molar-refractivity contribution in [1.29, 1.82) is 0 Å². The van der Waals surface area contributed by atoms with E-state index in [1.165, 1.54) is 4.90 Å². The Bertz CT molecular complexity index is 758. The smallest absolute Gasteiger partial charge is 0.267 e. The molecule has 0 aliphatic carbocycles. The summed E-state index contributed by atoms with van der Waals surface area (Å²) < 4.78 is 0. The fraction of sp³-hybridized carbons (Fsp3) is 0.211. The molecule has 1 saturated heterocycles. The Morgan fingerprint density at radius 2 is 1.82 bits per heavy atom. The van der Waals surface area contributed by atoms with Crippen molar-refractivity contribution in [2.45, 2.75) is 12.0 Å². The molecule has 0 aromatic heterocycles. The summed E-state index contributed by atoms with van der Waals surface area (Å²) >= 11 is 0. The van der Waals surface area contributed by atoms with Gasteiger partial charge in [0.05, 0.1) is 0 Å². The van der Waals surface area contributed by atoms with Crippen molar-refractivity contribution in [3.05, 3.63) is 60.2 Å². The third kappa shape index (κ3) is 2.74. The van der Waals surface area contributed by atoms with E-state index in [-0.39, 0.29) is 5.91 Å². The maximum absolute atomic E-state index is 11.9. The predicted molar refractivity (Wildman–Crippen MR) is 86.0 cm³/mol. The molecule has 0 spiro atoms. The Morgan fingerprint density at radius 3 is 2.50 bits per heavy atom. The van der Waals surface area contributed by atoms with E-state index in [1.807, 2.05) is 54.6 Å². The van der Waals surface area contributed by atoms with E-state index >= 15 is 0 Å². The molecule has 1 atom stereocenters. The predicted octanol–water partition coefficient (Wildman–Crippen LogP) is 2.30. The maximum Gasteiger partial charge on any atom is 0.267 e. The molecule has 0 radical (unpaired) electrons. The third-order valence-corrected chi connectivity index (χ3v) is 3.89. The summed E-state index contributed by atoms with van der Waals surface area (Å²) in [6.45, 7) is 0.536. The Hall–Kier alpha value is -2.57. The Balaban J connectivity index is 1.89. The van der Waals surface area contributed by atoms with Gasteiger partial charge >= 0.3 is 0 Å². The zero-order valence-corrected chi connectivity index (χ0v) is 12.4. The molecule has 1 N–H and O–H groups in total. The SMILES string of the molecule is CN1CC[C@@](O)(C#Cc2cccc(-c3ccccc3)c2)C1=O. The van der Waals surface area contributed by atoms with E-state index in [0.29, 0.717) is 13.0 Å². The number of carbonyl (C=O) groups is 1. The molecule has 22 heavy (non-hydrogen) atoms. The van der Waals surface area contributed by atoms with Gasteiger partial charge in [-0.25, -0.2) is 0 Å². The first-order valence-electron chi connectivity index (χ1n) is 7.25. The molecule has 1 aliphatic heterocycles. The van der Waals surface area contributed by atoms with E-state index in [0.717, 1.165) is 16.7 Å². The minimum atomic E-state index is -1.54. The standard InChI is InChI=1S/C19H17NO2/c1-20-13-12-19(22,18(20)21)11-10-15-6-5-9-17(14-15)16-7-3-2-4-8-16/h2-9,14,22H,12-13H2,1H3/t19-/m0/s1. The monoisotopic (exact) mass is 291 g/mol. The fourth-order valence-corrected chi connectivity index (χ4v) is 2.55. The molecule has 110 valence electrons. The number of aliphatic hydroxyl groups is 1. The Morgan fingerprint density at radius 1 is 1.09 bits per heavy atom. The summed E-state index contributed by atoms with van der Waals surface area (Å²) in [6.07, 6.45) is 0.355. The van der Waals surface area contributed by atoms with E-state index in [9.17, 15) is 9.90 Å². The highest BCUT2D eigenvalue weighted by molar-refractivity contribution is 5.90. The topological polar surface area (TPSA) is 40.5 Å². The van der Waals surface area contributed by atoms with Gasteiger partial charge in [-0.2, -0.15) is 0 Å². The lowest BCUT2D eigenvalue weighted by Gasteiger charge is -2.13. The lowest BCUT2D eigenvalue weighted by atomic mass is 10.0. The molecule has 3 heteroatoms. The van der Waals surface area contributed by atoms with Gasteiger partial charge in [-0.05, 0) is 23.3 Å². The van der Waals surface area contributed by atoms with Gasteiger partial charge < -0.3 is 10.0 Å². The van der Waals surface area contributed by atoms with Gasteiger partial charge in [-0.1, -0.05) is 54.3 Å². The lowest BCUT2D eigenvalue weighted by molar-refractivity contribution is -0.137. The summed E-state index contributed by atoms with van der Waals surface area (Å²) in [5.74, 6) is 5.37. The molecule has 1 amide bonds. The average molecular weight is 291 g/mol. The summed E-state index contributed by atoms with van der Waals surface area (Å²) in [6, 6.07) is 17.8. The third-order valence-electron chi connectivity index (χ3n) is 3.89. The molecular weight excluding hydrogens is 274 g/mol. The first-order chi connectivity index (χ1) is 10.6. The second-order valence-electron chi connectivity index (χ2n) is 5.53. The number of rotatable bonds is 1. The van der Waals surface area contributed by atoms with Crippen LogP contribution in [0.4, 0.5) is 0 Å². The van der Waals surface area contributed by atoms with Crippen LogP contribution in [0, 0.1) is 11.8 Å². The van der Waals surface area contributed by atoms with Crippen molar-refractivity contribution in [3.8, 4) is 23.0 Å². The first kappa shape index (κ1) is 14.4. The molecule has 3 nitrogen and oxygen atoms in total. The fourth-order valence-electron chi connectivity index (χ4n) is 2.55. The number of nitrogens with zero attached hydrogens (tertiary/aromatic N) is 1. The van der Waals surface area contributed by atoms with Crippen LogP contribution in [0.3, 0.4) is 0 Å². The minimum absolute atomic E-state index is 0.320. The van der Waals surface area contributed by atoms with Gasteiger partial charge in [0.2, 0.25) is 5.60 Å². The van der Waals surface area contributed by atoms with Crippen molar-refractivity contribution in [3.63, 3.8) is 0 Å². The zero-order valence-electron chi connectivity index (χ0n) is 12.4. The Labute approximate surface area is 130 Å². The molecule has 0 saturated carbocycles. The molecule has 1 fully saturated rings. The van der Waals surface area contributed by atoms with Gasteiger partial charge in [-0.3, -0.25) is 4.79 Å². The molecule has 0 unspecified atom stereocenters. The number of hydrogen-bond donors (Lipinski definition) is 1. The van der Waals surface area contributed by atoms with Crippen LogP contribution in [0.1, 0.15) is 12.0 Å². The summed E-state index contributed by atoms with van der Waals surface area (Å²) in [4.78, 5) is 13.4. The van der Waals surface area contributed by atoms with Crippen LogP contribution in [0.15, 0.2) is 54.6 Å². The summed E-state index contributed by atoms with van der Waals surface area (Å²) in [7, 11) is 1.68. The number of amides is 1. The second-order valence-corrected chi connectivity index (χ2v) is 5.53. The van der Waals surface area contributed by atoms with Crippen LogP contribution in [-0.2, 0) is 4.79 Å². The van der Waals surface area contributed by atoms with Crippen molar-refractivity contribution >= 4 is 5.91 Å². The average Bonchev–Trinajstić information content (AvgIpc) is 2.82. The number of likely N-dealkylation sites (N-methyl/N-ethyl adjacent to an activating group) is 1. The molecule has 1 heterocycles. The molecule has 2 aromatic carbocycles. The number of carbonyl (C=O) groups excluding carboxylic acids is 1. The number of benzene rings is 2. The highest BCUT2D eigenvalue weighted by atomic mass is 16.3. The molecule has 2 aromatic rings. The highest BCUT2D eigenvalue weighted by Gasteiger charge is 2.42. The number of likely N-dealkylation sites (tertiary alicyclic amines) is 1. The molecule has 1 aliphatic rings. The summed E-state index contributed by atoms with van der Waals surface area (Å²) in [5.41, 5.74) is 1.42. The van der Waals surface area contributed by atoms with Gasteiger partial charge in [0.25, 0.3) is 5.91 Å². The zero-order chi connectivity index (χ0) is 15.6. The van der Waals surface area contributed by atoms with E-state index in [4.69, 9.17) is 0 Å². The van der Waals surface area contributed by atoms with Crippen LogP contribution in [-0.4, -0.2) is 35.1 Å². The van der Waals surface area contributed by atoms with Gasteiger partial charge in [0, 0.05) is 25.6 Å². The van der Waals surface area contributed by atoms with E-state index in [1.54, 1.807) is 7.05 Å². The van der Waals surface area contributed by atoms with Crippen LogP contribution < -0.4 is 0 Å². The largest absolute Gasteiger partial charge is 0.369 e. The lowest BCUT2D eigenvalue weighted by Crippen LogP contribution is -2.37. The van der Waals surface area contributed by atoms with Crippen molar-refractivity contribution in [2.24, 2.45) is 0 Å². The summed E-state index contributed by atoms with van der Waals surface area (Å²) in [5, 5.41) is 10.3. The second kappa shape index (κ2) is 5.67. The van der Waals surface area contributed by atoms with E-state index < -0.39 is 5.60 Å². The quantitative estimate of drug-likeness (QED) is 0.819. The van der Waals surface area contributed by atoms with Crippen LogP contribution in [0.25, 0.3) is 11.1 Å². The number of hydrogen-bond acceptors (Lipinski definition) is 2. The van der Waals surface area contributed by atoms with Gasteiger partial charge in [0.15, 0.2) is 0 Å². The van der Waals surface area contributed by atoms with Crippen molar-refractivity contribution < 1.29 is 9.90 Å². The molecular formula is C19H17NO2. The Kier molecular flexibility index (Phi) is 3.70. The van der Waals surface area contributed by atoms with Crippen LogP contribution in [0.5, 0.6) is 0 Å². The highest BCUT2D eigenvalue weighted by Crippen LogP contribution is 2.22.